The standard InChI is InChI=1S/C17H13ClN2O3S/c18-13-8-6-12(7-9-13)17-20-19-15(23-17)10-22-16(21)11-24-14-4-2-1-3-5-14/h1-9H,10-11H2. The van der Waals surface area contributed by atoms with Crippen LogP contribution in [0.25, 0.3) is 11.5 Å². The van der Waals surface area contributed by atoms with Crippen molar-refractivity contribution in [1.82, 2.24) is 10.2 Å². The topological polar surface area (TPSA) is 65.2 Å². The van der Waals surface area contributed by atoms with Crippen LogP contribution in [-0.2, 0) is 16.1 Å². The summed E-state index contributed by atoms with van der Waals surface area (Å²) in [6, 6.07) is 16.7. The van der Waals surface area contributed by atoms with Crippen molar-refractivity contribution in [2.75, 3.05) is 5.75 Å². The molecule has 0 amide bonds. The molecule has 1 aromatic heterocycles. The Hall–Kier alpha value is -2.31. The number of hydrogen-bond donors (Lipinski definition) is 0. The van der Waals surface area contributed by atoms with Gasteiger partial charge in [0.2, 0.25) is 5.89 Å². The Morgan fingerprint density at radius 3 is 2.58 bits per heavy atom. The monoisotopic (exact) mass is 360 g/mol. The Morgan fingerprint density at radius 1 is 1.08 bits per heavy atom. The quantitative estimate of drug-likeness (QED) is 0.484. The van der Waals surface area contributed by atoms with Gasteiger partial charge in [0, 0.05) is 15.5 Å². The highest BCUT2D eigenvalue weighted by Gasteiger charge is 2.11. The first-order valence-corrected chi connectivity index (χ1v) is 8.49. The summed E-state index contributed by atoms with van der Waals surface area (Å²) in [5.74, 6) is 0.492. The number of ether oxygens (including phenoxy) is 1. The molecule has 0 bridgehead atoms. The largest absolute Gasteiger partial charge is 0.455 e. The number of halogens is 1. The van der Waals surface area contributed by atoms with Crippen LogP contribution >= 0.6 is 23.4 Å². The predicted molar refractivity (Wildman–Crippen MR) is 91.7 cm³/mol. The van der Waals surface area contributed by atoms with Gasteiger partial charge in [0.05, 0.1) is 5.75 Å². The van der Waals surface area contributed by atoms with E-state index >= 15 is 0 Å². The third-order valence-electron chi connectivity index (χ3n) is 3.01. The van der Waals surface area contributed by atoms with Crippen LogP contribution in [0.2, 0.25) is 5.02 Å². The second-order valence-electron chi connectivity index (χ2n) is 4.77. The van der Waals surface area contributed by atoms with Crippen molar-refractivity contribution in [2.24, 2.45) is 0 Å². The highest BCUT2D eigenvalue weighted by Crippen LogP contribution is 2.21. The van der Waals surface area contributed by atoms with Crippen LogP contribution in [0, 0.1) is 0 Å². The molecule has 0 saturated carbocycles. The van der Waals surface area contributed by atoms with Gasteiger partial charge < -0.3 is 9.15 Å². The fourth-order valence-corrected chi connectivity index (χ4v) is 2.71. The Balaban J connectivity index is 1.50. The second-order valence-corrected chi connectivity index (χ2v) is 6.26. The summed E-state index contributed by atoms with van der Waals surface area (Å²) in [5.41, 5.74) is 0.754. The van der Waals surface area contributed by atoms with Crippen LogP contribution in [0.5, 0.6) is 0 Å². The van der Waals surface area contributed by atoms with Gasteiger partial charge in [-0.3, -0.25) is 4.79 Å². The molecule has 0 aliphatic carbocycles. The average molecular weight is 361 g/mol. The zero-order valence-electron chi connectivity index (χ0n) is 12.5. The van der Waals surface area contributed by atoms with Gasteiger partial charge in [0.15, 0.2) is 6.61 Å². The molecule has 1 heterocycles. The number of thioether (sulfide) groups is 1. The first-order chi connectivity index (χ1) is 11.7. The summed E-state index contributed by atoms with van der Waals surface area (Å²) in [6.45, 7) is -0.0469. The molecule has 0 spiro atoms. The van der Waals surface area contributed by atoms with E-state index < -0.39 is 0 Å². The van der Waals surface area contributed by atoms with Crippen molar-refractivity contribution in [3.8, 4) is 11.5 Å². The fourth-order valence-electron chi connectivity index (χ4n) is 1.86. The molecule has 3 rings (SSSR count). The minimum atomic E-state index is -0.338. The number of hydrogen-bond acceptors (Lipinski definition) is 6. The zero-order chi connectivity index (χ0) is 16.8. The molecule has 7 heteroatoms. The van der Waals surface area contributed by atoms with Crippen molar-refractivity contribution in [2.45, 2.75) is 11.5 Å². The summed E-state index contributed by atoms with van der Waals surface area (Å²) >= 11 is 7.25. The van der Waals surface area contributed by atoms with E-state index in [0.29, 0.717) is 10.9 Å². The molecule has 5 nitrogen and oxygen atoms in total. The van der Waals surface area contributed by atoms with Gasteiger partial charge in [-0.2, -0.15) is 0 Å². The molecule has 0 N–H and O–H groups in total. The van der Waals surface area contributed by atoms with Crippen LogP contribution in [-0.4, -0.2) is 21.9 Å². The van der Waals surface area contributed by atoms with Crippen LogP contribution in [0.1, 0.15) is 5.89 Å². The van der Waals surface area contributed by atoms with E-state index in [1.165, 1.54) is 11.8 Å². The predicted octanol–water partition coefficient (Wildman–Crippen LogP) is 4.23. The summed E-state index contributed by atoms with van der Waals surface area (Å²) in [7, 11) is 0. The lowest BCUT2D eigenvalue weighted by Crippen LogP contribution is -2.07. The molecule has 0 saturated heterocycles. The van der Waals surface area contributed by atoms with Gasteiger partial charge in [-0.1, -0.05) is 29.8 Å². The van der Waals surface area contributed by atoms with Crippen molar-refractivity contribution in [1.29, 1.82) is 0 Å². The third-order valence-corrected chi connectivity index (χ3v) is 4.25. The molecule has 122 valence electrons. The van der Waals surface area contributed by atoms with Crippen LogP contribution in [0.15, 0.2) is 63.9 Å². The van der Waals surface area contributed by atoms with Gasteiger partial charge in [-0.25, -0.2) is 0 Å². The molecule has 0 aliphatic rings. The number of benzene rings is 2. The van der Waals surface area contributed by atoms with E-state index in [0.717, 1.165) is 10.5 Å². The van der Waals surface area contributed by atoms with Crippen molar-refractivity contribution >= 4 is 29.3 Å². The maximum atomic E-state index is 11.8. The number of carbonyl (C=O) groups excluding carboxylic acids is 1. The number of esters is 1. The Bertz CT molecular complexity index is 806. The smallest absolute Gasteiger partial charge is 0.316 e. The van der Waals surface area contributed by atoms with Gasteiger partial charge in [-0.15, -0.1) is 22.0 Å². The lowest BCUT2D eigenvalue weighted by molar-refractivity contribution is -0.142. The normalized spacial score (nSPS) is 10.5. The summed E-state index contributed by atoms with van der Waals surface area (Å²) in [4.78, 5) is 12.8. The first-order valence-electron chi connectivity index (χ1n) is 7.12. The Labute approximate surface area is 148 Å². The maximum absolute atomic E-state index is 11.8. The number of rotatable bonds is 6. The lowest BCUT2D eigenvalue weighted by atomic mass is 10.2. The second kappa shape index (κ2) is 7.99. The van der Waals surface area contributed by atoms with Crippen molar-refractivity contribution in [3.63, 3.8) is 0 Å². The molecule has 2 aromatic carbocycles. The zero-order valence-corrected chi connectivity index (χ0v) is 14.1. The number of aromatic nitrogens is 2. The molecule has 0 radical (unpaired) electrons. The molecule has 0 atom stereocenters. The number of carbonyl (C=O) groups is 1. The third kappa shape index (κ3) is 4.59. The fraction of sp³-hybridized carbons (Fsp3) is 0.118. The number of nitrogens with zero attached hydrogens (tertiary/aromatic N) is 2. The van der Waals surface area contributed by atoms with Crippen molar-refractivity contribution < 1.29 is 13.9 Å². The van der Waals surface area contributed by atoms with Gasteiger partial charge in [0.25, 0.3) is 5.89 Å². The Morgan fingerprint density at radius 2 is 1.83 bits per heavy atom. The molecule has 0 unspecified atom stereocenters. The summed E-state index contributed by atoms with van der Waals surface area (Å²) in [5, 5.41) is 8.43. The van der Waals surface area contributed by atoms with E-state index in [1.807, 2.05) is 30.3 Å². The van der Waals surface area contributed by atoms with Gasteiger partial charge in [0.1, 0.15) is 0 Å². The van der Waals surface area contributed by atoms with Gasteiger partial charge >= 0.3 is 5.97 Å². The first kappa shape index (κ1) is 16.5. The van der Waals surface area contributed by atoms with E-state index in [-0.39, 0.29) is 24.2 Å². The highest BCUT2D eigenvalue weighted by atomic mass is 35.5. The molecular weight excluding hydrogens is 348 g/mol. The lowest BCUT2D eigenvalue weighted by Gasteiger charge is -2.02. The summed E-state index contributed by atoms with van der Waals surface area (Å²) < 4.78 is 10.6. The molecular formula is C17H13ClN2O3S. The molecule has 0 fully saturated rings. The van der Waals surface area contributed by atoms with E-state index in [4.69, 9.17) is 20.8 Å². The Kier molecular flexibility index (Phi) is 5.51. The van der Waals surface area contributed by atoms with Crippen LogP contribution in [0.3, 0.4) is 0 Å². The average Bonchev–Trinajstić information content (AvgIpc) is 3.09. The SMILES string of the molecule is O=C(CSc1ccccc1)OCc1nnc(-c2ccc(Cl)cc2)o1. The summed E-state index contributed by atoms with van der Waals surface area (Å²) in [6.07, 6.45) is 0. The van der Waals surface area contributed by atoms with Crippen LogP contribution < -0.4 is 0 Å². The van der Waals surface area contributed by atoms with E-state index in [2.05, 4.69) is 10.2 Å². The highest BCUT2D eigenvalue weighted by molar-refractivity contribution is 8.00. The molecule has 3 aromatic rings. The van der Waals surface area contributed by atoms with Crippen LogP contribution in [0.4, 0.5) is 0 Å². The minimum absolute atomic E-state index is 0.0469. The van der Waals surface area contributed by atoms with Crippen molar-refractivity contribution in [3.05, 3.63) is 65.5 Å². The van der Waals surface area contributed by atoms with E-state index in [1.54, 1.807) is 24.3 Å². The maximum Gasteiger partial charge on any atom is 0.316 e. The van der Waals surface area contributed by atoms with E-state index in [9.17, 15) is 4.79 Å². The molecule has 24 heavy (non-hydrogen) atoms. The van der Waals surface area contributed by atoms with Gasteiger partial charge in [-0.05, 0) is 36.4 Å². The minimum Gasteiger partial charge on any atom is -0.455 e. The molecule has 0 aliphatic heterocycles.